The van der Waals surface area contributed by atoms with E-state index < -0.39 is 0 Å². The summed E-state index contributed by atoms with van der Waals surface area (Å²) < 4.78 is 0. The van der Waals surface area contributed by atoms with Gasteiger partial charge in [-0.05, 0) is 45.1 Å². The van der Waals surface area contributed by atoms with E-state index in [2.05, 4.69) is 28.9 Å². The standard InChI is InChI=1S/C13H18N4/c1-16-7-5-12(6-8-16)17(2)13-4-3-11(9-14)15-10-13/h3-4,10,12H,5-8H2,1-2H3. The Balaban J connectivity index is 2.03. The van der Waals surface area contributed by atoms with Crippen LogP contribution in [0.1, 0.15) is 18.5 Å². The first-order chi connectivity index (χ1) is 8.20. The average Bonchev–Trinajstić information content (AvgIpc) is 2.39. The minimum atomic E-state index is 0.477. The van der Waals surface area contributed by atoms with Crippen LogP contribution in [-0.4, -0.2) is 43.1 Å². The van der Waals surface area contributed by atoms with Gasteiger partial charge in [0.1, 0.15) is 11.8 Å². The number of hydrogen-bond acceptors (Lipinski definition) is 4. The van der Waals surface area contributed by atoms with E-state index in [9.17, 15) is 0 Å². The van der Waals surface area contributed by atoms with Crippen LogP contribution in [0, 0.1) is 11.3 Å². The molecule has 1 saturated heterocycles. The van der Waals surface area contributed by atoms with Crippen molar-refractivity contribution in [1.82, 2.24) is 9.88 Å². The van der Waals surface area contributed by atoms with Crippen molar-refractivity contribution in [3.05, 3.63) is 24.0 Å². The second kappa shape index (κ2) is 5.15. The van der Waals surface area contributed by atoms with E-state index in [1.165, 1.54) is 12.8 Å². The Morgan fingerprint density at radius 2 is 2.12 bits per heavy atom. The zero-order chi connectivity index (χ0) is 12.3. The fourth-order valence-electron chi connectivity index (χ4n) is 2.25. The third-order valence-corrected chi connectivity index (χ3v) is 3.51. The van der Waals surface area contributed by atoms with Gasteiger partial charge in [-0.15, -0.1) is 0 Å². The van der Waals surface area contributed by atoms with Gasteiger partial charge in [-0.25, -0.2) is 4.98 Å². The predicted octanol–water partition coefficient (Wildman–Crippen LogP) is 1.48. The minimum Gasteiger partial charge on any atom is -0.370 e. The van der Waals surface area contributed by atoms with E-state index >= 15 is 0 Å². The maximum Gasteiger partial charge on any atom is 0.140 e. The van der Waals surface area contributed by atoms with Gasteiger partial charge in [0.05, 0.1) is 11.9 Å². The van der Waals surface area contributed by atoms with Gasteiger partial charge in [0.15, 0.2) is 0 Å². The van der Waals surface area contributed by atoms with Gasteiger partial charge in [-0.3, -0.25) is 0 Å². The first-order valence-corrected chi connectivity index (χ1v) is 5.98. The summed E-state index contributed by atoms with van der Waals surface area (Å²) in [5, 5.41) is 8.71. The van der Waals surface area contributed by atoms with Crippen molar-refractivity contribution in [1.29, 1.82) is 5.26 Å². The van der Waals surface area contributed by atoms with Crippen LogP contribution in [0.15, 0.2) is 18.3 Å². The largest absolute Gasteiger partial charge is 0.370 e. The summed E-state index contributed by atoms with van der Waals surface area (Å²) in [5.41, 5.74) is 1.57. The molecule has 0 spiro atoms. The Morgan fingerprint density at radius 1 is 1.41 bits per heavy atom. The molecule has 0 bridgehead atoms. The summed E-state index contributed by atoms with van der Waals surface area (Å²) in [6.07, 6.45) is 4.16. The number of aromatic nitrogens is 1. The zero-order valence-electron chi connectivity index (χ0n) is 10.4. The molecule has 90 valence electrons. The van der Waals surface area contributed by atoms with Crippen LogP contribution in [0.4, 0.5) is 5.69 Å². The van der Waals surface area contributed by atoms with Crippen LogP contribution in [0.2, 0.25) is 0 Å². The highest BCUT2D eigenvalue weighted by atomic mass is 15.2. The van der Waals surface area contributed by atoms with Crippen molar-refractivity contribution >= 4 is 5.69 Å². The first-order valence-electron chi connectivity index (χ1n) is 5.98. The number of nitriles is 1. The molecule has 0 N–H and O–H groups in total. The van der Waals surface area contributed by atoms with Crippen LogP contribution in [-0.2, 0) is 0 Å². The molecule has 2 heterocycles. The van der Waals surface area contributed by atoms with Gasteiger partial charge in [0.2, 0.25) is 0 Å². The molecule has 0 saturated carbocycles. The van der Waals surface area contributed by atoms with Crippen molar-refractivity contribution in [2.45, 2.75) is 18.9 Å². The molecule has 4 nitrogen and oxygen atoms in total. The van der Waals surface area contributed by atoms with Gasteiger partial charge in [0.25, 0.3) is 0 Å². The molecule has 1 aliphatic rings. The molecule has 2 rings (SSSR count). The predicted molar refractivity (Wildman–Crippen MR) is 67.9 cm³/mol. The van der Waals surface area contributed by atoms with Crippen LogP contribution in [0.5, 0.6) is 0 Å². The van der Waals surface area contributed by atoms with E-state index in [-0.39, 0.29) is 0 Å². The van der Waals surface area contributed by atoms with Gasteiger partial charge < -0.3 is 9.80 Å². The lowest BCUT2D eigenvalue weighted by molar-refractivity contribution is 0.253. The normalized spacial score (nSPS) is 17.7. The topological polar surface area (TPSA) is 43.2 Å². The summed E-state index contributed by atoms with van der Waals surface area (Å²) in [7, 11) is 4.28. The van der Waals surface area contributed by atoms with Crippen molar-refractivity contribution in [3.63, 3.8) is 0 Å². The molecule has 1 aromatic rings. The molecule has 0 radical (unpaired) electrons. The molecule has 1 fully saturated rings. The molecule has 1 aromatic heterocycles. The highest BCUT2D eigenvalue weighted by Gasteiger charge is 2.20. The van der Waals surface area contributed by atoms with Crippen molar-refractivity contribution in [2.24, 2.45) is 0 Å². The van der Waals surface area contributed by atoms with E-state index in [0.717, 1.165) is 18.8 Å². The van der Waals surface area contributed by atoms with E-state index in [4.69, 9.17) is 5.26 Å². The fourth-order valence-corrected chi connectivity index (χ4v) is 2.25. The maximum absolute atomic E-state index is 8.71. The lowest BCUT2D eigenvalue weighted by Crippen LogP contribution is -2.42. The van der Waals surface area contributed by atoms with E-state index in [0.29, 0.717) is 11.7 Å². The highest BCUT2D eigenvalue weighted by molar-refractivity contribution is 5.46. The Bertz CT molecular complexity index is 398. The molecule has 0 atom stereocenters. The highest BCUT2D eigenvalue weighted by Crippen LogP contribution is 2.20. The van der Waals surface area contributed by atoms with Crippen molar-refractivity contribution in [3.8, 4) is 6.07 Å². The van der Waals surface area contributed by atoms with Gasteiger partial charge in [0, 0.05) is 13.1 Å². The number of likely N-dealkylation sites (tertiary alicyclic amines) is 1. The van der Waals surface area contributed by atoms with Crippen molar-refractivity contribution < 1.29 is 0 Å². The summed E-state index contributed by atoms with van der Waals surface area (Å²) in [6.45, 7) is 2.30. The minimum absolute atomic E-state index is 0.477. The number of anilines is 1. The molecule has 0 aromatic carbocycles. The Hall–Kier alpha value is -1.60. The zero-order valence-corrected chi connectivity index (χ0v) is 10.4. The molecule has 0 amide bonds. The lowest BCUT2D eigenvalue weighted by Gasteiger charge is -2.36. The number of pyridine rings is 1. The number of piperidine rings is 1. The molecule has 17 heavy (non-hydrogen) atoms. The fraction of sp³-hybridized carbons (Fsp3) is 0.538. The molecule has 0 aliphatic carbocycles. The van der Waals surface area contributed by atoms with Gasteiger partial charge >= 0.3 is 0 Å². The third-order valence-electron chi connectivity index (χ3n) is 3.51. The quantitative estimate of drug-likeness (QED) is 0.772. The SMILES string of the molecule is CN1CCC(N(C)c2ccc(C#N)nc2)CC1. The molecular weight excluding hydrogens is 212 g/mol. The summed E-state index contributed by atoms with van der Waals surface area (Å²) in [4.78, 5) is 8.76. The Morgan fingerprint density at radius 3 is 2.65 bits per heavy atom. The monoisotopic (exact) mass is 230 g/mol. The Labute approximate surface area is 102 Å². The molecule has 0 unspecified atom stereocenters. The molecule has 1 aliphatic heterocycles. The summed E-state index contributed by atoms with van der Waals surface area (Å²) in [6, 6.07) is 6.38. The van der Waals surface area contributed by atoms with E-state index in [1.807, 2.05) is 12.1 Å². The summed E-state index contributed by atoms with van der Waals surface area (Å²) in [5.74, 6) is 0. The molecule has 4 heteroatoms. The van der Waals surface area contributed by atoms with Crippen LogP contribution in [0.25, 0.3) is 0 Å². The second-order valence-corrected chi connectivity index (χ2v) is 4.66. The van der Waals surface area contributed by atoms with Gasteiger partial charge in [-0.2, -0.15) is 5.26 Å². The lowest BCUT2D eigenvalue weighted by atomic mass is 10.0. The maximum atomic E-state index is 8.71. The van der Waals surface area contributed by atoms with Crippen LogP contribution in [0.3, 0.4) is 0 Å². The van der Waals surface area contributed by atoms with E-state index in [1.54, 1.807) is 12.3 Å². The average molecular weight is 230 g/mol. The third kappa shape index (κ3) is 2.75. The number of hydrogen-bond donors (Lipinski definition) is 0. The van der Waals surface area contributed by atoms with Gasteiger partial charge in [-0.1, -0.05) is 0 Å². The Kier molecular flexibility index (Phi) is 3.60. The van der Waals surface area contributed by atoms with Crippen molar-refractivity contribution in [2.75, 3.05) is 32.1 Å². The number of rotatable bonds is 2. The molecular formula is C13H18N4. The smallest absolute Gasteiger partial charge is 0.140 e. The first kappa shape index (κ1) is 11.9. The second-order valence-electron chi connectivity index (χ2n) is 4.66. The number of nitrogens with zero attached hydrogens (tertiary/aromatic N) is 4. The van der Waals surface area contributed by atoms with Crippen LogP contribution < -0.4 is 4.90 Å². The van der Waals surface area contributed by atoms with Crippen LogP contribution >= 0.6 is 0 Å². The summed E-state index contributed by atoms with van der Waals surface area (Å²) >= 11 is 0.